The lowest BCUT2D eigenvalue weighted by Crippen LogP contribution is -2.36. The first-order valence-corrected chi connectivity index (χ1v) is 7.73. The van der Waals surface area contributed by atoms with Crippen LogP contribution in [0.25, 0.3) is 0 Å². The van der Waals surface area contributed by atoms with Crippen LogP contribution in [0.5, 0.6) is 0 Å². The summed E-state index contributed by atoms with van der Waals surface area (Å²) in [6, 6.07) is 8.10. The molecule has 1 saturated heterocycles. The number of benzene rings is 1. The minimum Gasteiger partial charge on any atom is -0.372 e. The molecular weight excluding hydrogens is 286 g/mol. The van der Waals surface area contributed by atoms with Gasteiger partial charge in [0.25, 0.3) is 0 Å². The summed E-state index contributed by atoms with van der Waals surface area (Å²) < 4.78 is 5.93. The number of aromatic amines is 1. The van der Waals surface area contributed by atoms with Crippen molar-refractivity contribution in [3.63, 3.8) is 0 Å². The molecule has 3 rings (SSSR count). The van der Waals surface area contributed by atoms with Gasteiger partial charge in [-0.3, -0.25) is 4.90 Å². The fraction of sp³-hybridized carbons (Fsp3) is 0.438. The highest BCUT2D eigenvalue weighted by atomic mass is 35.5. The molecule has 1 aromatic heterocycles. The molecule has 1 aliphatic heterocycles. The SMILES string of the molecule is Clc1cccc(CN2CCC(OCc3cnc[nH]3)CC2)c1. The highest BCUT2D eigenvalue weighted by molar-refractivity contribution is 6.30. The standard InChI is InChI=1S/C16H20ClN3O/c17-14-3-1-2-13(8-14)10-20-6-4-16(5-7-20)21-11-15-9-18-12-19-15/h1-3,8-9,12,16H,4-7,10-11H2,(H,18,19). The molecule has 5 heteroatoms. The second-order valence-corrected chi connectivity index (χ2v) is 5.93. The average molecular weight is 306 g/mol. The average Bonchev–Trinajstić information content (AvgIpc) is 3.00. The van der Waals surface area contributed by atoms with Crippen molar-refractivity contribution in [3.8, 4) is 0 Å². The lowest BCUT2D eigenvalue weighted by atomic mass is 10.1. The molecule has 0 saturated carbocycles. The second-order valence-electron chi connectivity index (χ2n) is 5.49. The summed E-state index contributed by atoms with van der Waals surface area (Å²) in [5.41, 5.74) is 2.32. The topological polar surface area (TPSA) is 41.1 Å². The Morgan fingerprint density at radius 3 is 2.90 bits per heavy atom. The van der Waals surface area contributed by atoms with Crippen LogP contribution in [0.1, 0.15) is 24.1 Å². The molecule has 1 N–H and O–H groups in total. The normalized spacial score (nSPS) is 17.2. The number of hydrogen-bond acceptors (Lipinski definition) is 3. The Kier molecular flexibility index (Phi) is 4.91. The van der Waals surface area contributed by atoms with Crippen LogP contribution in [0.2, 0.25) is 5.02 Å². The van der Waals surface area contributed by atoms with Crippen molar-refractivity contribution in [2.24, 2.45) is 0 Å². The molecule has 0 amide bonds. The Balaban J connectivity index is 1.42. The molecule has 4 nitrogen and oxygen atoms in total. The molecule has 112 valence electrons. The van der Waals surface area contributed by atoms with Crippen molar-refractivity contribution in [1.82, 2.24) is 14.9 Å². The van der Waals surface area contributed by atoms with E-state index in [0.717, 1.165) is 43.2 Å². The predicted octanol–water partition coefficient (Wildman–Crippen LogP) is 3.24. The van der Waals surface area contributed by atoms with Gasteiger partial charge in [0, 0.05) is 24.7 Å². The summed E-state index contributed by atoms with van der Waals surface area (Å²) in [6.07, 6.45) is 6.01. The Morgan fingerprint density at radius 2 is 2.19 bits per heavy atom. The van der Waals surface area contributed by atoms with Crippen LogP contribution < -0.4 is 0 Å². The lowest BCUT2D eigenvalue weighted by Gasteiger charge is -2.31. The summed E-state index contributed by atoms with van der Waals surface area (Å²) in [6.45, 7) is 3.73. The van der Waals surface area contributed by atoms with Crippen LogP contribution in [0.15, 0.2) is 36.8 Å². The van der Waals surface area contributed by atoms with Crippen molar-refractivity contribution in [1.29, 1.82) is 0 Å². The quantitative estimate of drug-likeness (QED) is 0.922. The first-order chi connectivity index (χ1) is 10.3. The number of aromatic nitrogens is 2. The van der Waals surface area contributed by atoms with E-state index in [-0.39, 0.29) is 0 Å². The highest BCUT2D eigenvalue weighted by Crippen LogP contribution is 2.18. The molecule has 0 aliphatic carbocycles. The third-order valence-corrected chi connectivity index (χ3v) is 4.09. The molecule has 0 atom stereocenters. The van der Waals surface area contributed by atoms with Gasteiger partial charge in [-0.15, -0.1) is 0 Å². The number of H-pyrrole nitrogens is 1. The van der Waals surface area contributed by atoms with E-state index in [0.29, 0.717) is 12.7 Å². The first-order valence-electron chi connectivity index (χ1n) is 7.35. The number of nitrogens with one attached hydrogen (secondary N) is 1. The van der Waals surface area contributed by atoms with E-state index < -0.39 is 0 Å². The van der Waals surface area contributed by atoms with Gasteiger partial charge in [0.2, 0.25) is 0 Å². The zero-order valence-corrected chi connectivity index (χ0v) is 12.7. The Morgan fingerprint density at radius 1 is 1.33 bits per heavy atom. The summed E-state index contributed by atoms with van der Waals surface area (Å²) in [4.78, 5) is 9.52. The van der Waals surface area contributed by atoms with E-state index in [2.05, 4.69) is 20.9 Å². The lowest BCUT2D eigenvalue weighted by molar-refractivity contribution is -0.00511. The van der Waals surface area contributed by atoms with Crippen molar-refractivity contribution < 1.29 is 4.74 Å². The van der Waals surface area contributed by atoms with Gasteiger partial charge in [-0.05, 0) is 30.5 Å². The maximum atomic E-state index is 6.03. The van der Waals surface area contributed by atoms with Gasteiger partial charge >= 0.3 is 0 Å². The zero-order chi connectivity index (χ0) is 14.5. The van der Waals surface area contributed by atoms with Gasteiger partial charge in [-0.1, -0.05) is 23.7 Å². The minimum absolute atomic E-state index is 0.351. The maximum Gasteiger partial charge on any atom is 0.0922 e. The second kappa shape index (κ2) is 7.07. The third kappa shape index (κ3) is 4.30. The number of piperidine rings is 1. The Bertz CT molecular complexity index is 550. The largest absolute Gasteiger partial charge is 0.372 e. The van der Waals surface area contributed by atoms with Gasteiger partial charge in [-0.2, -0.15) is 0 Å². The summed E-state index contributed by atoms with van der Waals surface area (Å²) >= 11 is 6.03. The Hall–Kier alpha value is -1.36. The number of hydrogen-bond donors (Lipinski definition) is 1. The molecule has 0 radical (unpaired) electrons. The Labute approximate surface area is 130 Å². The van der Waals surface area contributed by atoms with Gasteiger partial charge < -0.3 is 9.72 Å². The minimum atomic E-state index is 0.351. The monoisotopic (exact) mass is 305 g/mol. The van der Waals surface area contributed by atoms with Crippen LogP contribution in [0, 0.1) is 0 Å². The number of nitrogens with zero attached hydrogens (tertiary/aromatic N) is 2. The van der Waals surface area contributed by atoms with Gasteiger partial charge in [-0.25, -0.2) is 4.98 Å². The van der Waals surface area contributed by atoms with Crippen LogP contribution in [-0.2, 0) is 17.9 Å². The molecule has 0 unspecified atom stereocenters. The first kappa shape index (κ1) is 14.6. The van der Waals surface area contributed by atoms with E-state index >= 15 is 0 Å². The smallest absolute Gasteiger partial charge is 0.0922 e. The van der Waals surface area contributed by atoms with Crippen molar-refractivity contribution >= 4 is 11.6 Å². The fourth-order valence-electron chi connectivity index (χ4n) is 2.70. The number of imidazole rings is 1. The molecular formula is C16H20ClN3O. The summed E-state index contributed by atoms with van der Waals surface area (Å²) in [5.74, 6) is 0. The van der Waals surface area contributed by atoms with E-state index in [1.165, 1.54) is 5.56 Å². The van der Waals surface area contributed by atoms with Crippen molar-refractivity contribution in [2.45, 2.75) is 32.1 Å². The van der Waals surface area contributed by atoms with E-state index in [9.17, 15) is 0 Å². The molecule has 1 aliphatic rings. The molecule has 1 fully saturated rings. The number of rotatable bonds is 5. The molecule has 21 heavy (non-hydrogen) atoms. The van der Waals surface area contributed by atoms with Crippen LogP contribution in [-0.4, -0.2) is 34.1 Å². The summed E-state index contributed by atoms with van der Waals surface area (Å²) in [5, 5.41) is 0.810. The number of halogens is 1. The fourth-order valence-corrected chi connectivity index (χ4v) is 2.91. The van der Waals surface area contributed by atoms with Crippen LogP contribution >= 0.6 is 11.6 Å². The van der Waals surface area contributed by atoms with E-state index in [1.807, 2.05) is 24.4 Å². The molecule has 2 heterocycles. The maximum absolute atomic E-state index is 6.03. The van der Waals surface area contributed by atoms with Gasteiger partial charge in [0.05, 0.1) is 30.9 Å². The van der Waals surface area contributed by atoms with Crippen molar-refractivity contribution in [2.75, 3.05) is 13.1 Å². The third-order valence-electron chi connectivity index (χ3n) is 3.86. The molecule has 1 aromatic carbocycles. The van der Waals surface area contributed by atoms with Crippen LogP contribution in [0.3, 0.4) is 0 Å². The van der Waals surface area contributed by atoms with Crippen LogP contribution in [0.4, 0.5) is 0 Å². The van der Waals surface area contributed by atoms with Crippen molar-refractivity contribution in [3.05, 3.63) is 53.1 Å². The highest BCUT2D eigenvalue weighted by Gasteiger charge is 2.19. The van der Waals surface area contributed by atoms with Gasteiger partial charge in [0.15, 0.2) is 0 Å². The number of likely N-dealkylation sites (tertiary alicyclic amines) is 1. The number of ether oxygens (including phenoxy) is 1. The zero-order valence-electron chi connectivity index (χ0n) is 12.0. The van der Waals surface area contributed by atoms with E-state index in [1.54, 1.807) is 6.33 Å². The predicted molar refractivity (Wildman–Crippen MR) is 83.1 cm³/mol. The van der Waals surface area contributed by atoms with Gasteiger partial charge in [0.1, 0.15) is 0 Å². The molecule has 0 spiro atoms. The molecule has 2 aromatic rings. The summed E-state index contributed by atoms with van der Waals surface area (Å²) in [7, 11) is 0. The van der Waals surface area contributed by atoms with E-state index in [4.69, 9.17) is 16.3 Å². The molecule has 0 bridgehead atoms.